The number of nitrogens with one attached hydrogen (secondary N) is 1. The molecular weight excluding hydrogens is 485 g/mol. The number of amides is 1. The average Bonchev–Trinajstić information content (AvgIpc) is 3.19. The number of H-pyrrole nitrogens is 1. The molecule has 4 heterocycles. The Morgan fingerprint density at radius 1 is 1.08 bits per heavy atom. The molecule has 5 rings (SSSR count). The highest BCUT2D eigenvalue weighted by Gasteiger charge is 2.31. The average molecular weight is 511 g/mol. The summed E-state index contributed by atoms with van der Waals surface area (Å²) in [5, 5.41) is 1.03. The van der Waals surface area contributed by atoms with Crippen molar-refractivity contribution in [1.82, 2.24) is 19.4 Å². The number of fused-ring (bicyclic) bond motifs is 3. The smallest absolute Gasteiger partial charge is 0.417 e. The largest absolute Gasteiger partial charge is 0.444 e. The molecular formula is C27H25F3N4O3. The fraction of sp³-hybridized carbons (Fsp3) is 0.296. The molecule has 0 aliphatic carbocycles. The minimum Gasteiger partial charge on any atom is -0.444 e. The Morgan fingerprint density at radius 2 is 1.86 bits per heavy atom. The monoisotopic (exact) mass is 510 g/mol. The highest BCUT2D eigenvalue weighted by atomic mass is 19.4. The van der Waals surface area contributed by atoms with Gasteiger partial charge in [-0.1, -0.05) is 6.07 Å². The maximum Gasteiger partial charge on any atom is 0.417 e. The number of aromatic nitrogens is 3. The van der Waals surface area contributed by atoms with Crippen molar-refractivity contribution in [2.75, 3.05) is 6.54 Å². The van der Waals surface area contributed by atoms with Crippen LogP contribution in [0.25, 0.3) is 27.8 Å². The minimum absolute atomic E-state index is 0.277. The summed E-state index contributed by atoms with van der Waals surface area (Å²) in [5.41, 5.74) is 2.48. The number of aromatic amines is 1. The van der Waals surface area contributed by atoms with Gasteiger partial charge in [0.15, 0.2) is 0 Å². The van der Waals surface area contributed by atoms with Crippen molar-refractivity contribution in [1.29, 1.82) is 0 Å². The maximum atomic E-state index is 12.9. The molecule has 0 saturated heterocycles. The van der Waals surface area contributed by atoms with Crippen molar-refractivity contribution in [3.63, 3.8) is 0 Å². The van der Waals surface area contributed by atoms with Crippen LogP contribution in [0, 0.1) is 0 Å². The Morgan fingerprint density at radius 3 is 2.51 bits per heavy atom. The third-order valence-electron chi connectivity index (χ3n) is 6.19. The van der Waals surface area contributed by atoms with E-state index in [0.717, 1.165) is 34.4 Å². The van der Waals surface area contributed by atoms with E-state index < -0.39 is 17.3 Å². The fourth-order valence-electron chi connectivity index (χ4n) is 4.45. The fourth-order valence-corrected chi connectivity index (χ4v) is 4.45. The molecule has 1 amide bonds. The lowest BCUT2D eigenvalue weighted by atomic mass is 10.0. The van der Waals surface area contributed by atoms with Crippen molar-refractivity contribution in [3.05, 3.63) is 82.0 Å². The lowest BCUT2D eigenvalue weighted by Crippen LogP contribution is -2.39. The molecule has 0 fully saturated rings. The highest BCUT2D eigenvalue weighted by Crippen LogP contribution is 2.31. The van der Waals surface area contributed by atoms with Gasteiger partial charge in [-0.3, -0.25) is 14.3 Å². The van der Waals surface area contributed by atoms with Gasteiger partial charge in [-0.05, 0) is 63.1 Å². The van der Waals surface area contributed by atoms with Gasteiger partial charge in [0.25, 0.3) is 5.56 Å². The number of ether oxygens (including phenoxy) is 1. The first kappa shape index (κ1) is 24.6. The Balaban J connectivity index is 1.40. The van der Waals surface area contributed by atoms with Gasteiger partial charge in [-0.2, -0.15) is 13.2 Å². The Bertz CT molecular complexity index is 1550. The van der Waals surface area contributed by atoms with E-state index in [2.05, 4.69) is 9.97 Å². The standard InChI is InChI=1S/C27H25F3N4O3/c1-26(2,3)37-25(36)33-10-9-20-19-6-5-18(13-22(19)32-23(20)15-33)34-11-8-16(12-24(34)35)21-7-4-17(14-31-21)27(28,29)30/h4-8,11-14,32H,9-10,15H2,1-3H3. The van der Waals surface area contributed by atoms with E-state index in [9.17, 15) is 22.8 Å². The first-order valence-electron chi connectivity index (χ1n) is 11.8. The number of alkyl halides is 3. The predicted octanol–water partition coefficient (Wildman–Crippen LogP) is 5.69. The zero-order valence-electron chi connectivity index (χ0n) is 20.5. The zero-order chi connectivity index (χ0) is 26.5. The van der Waals surface area contributed by atoms with E-state index in [0.29, 0.717) is 30.8 Å². The number of carbonyl (C=O) groups excluding carboxylic acids is 1. The van der Waals surface area contributed by atoms with Gasteiger partial charge < -0.3 is 14.6 Å². The van der Waals surface area contributed by atoms with Crippen LogP contribution in [0.3, 0.4) is 0 Å². The number of halogens is 3. The topological polar surface area (TPSA) is 80.2 Å². The van der Waals surface area contributed by atoms with Gasteiger partial charge in [-0.25, -0.2) is 4.79 Å². The first-order valence-corrected chi connectivity index (χ1v) is 11.8. The first-order chi connectivity index (χ1) is 17.4. The minimum atomic E-state index is -4.47. The summed E-state index contributed by atoms with van der Waals surface area (Å²) in [6.07, 6.45) is -1.81. The molecule has 0 bridgehead atoms. The van der Waals surface area contributed by atoms with E-state index in [1.54, 1.807) is 17.2 Å². The summed E-state index contributed by atoms with van der Waals surface area (Å²) < 4.78 is 45.4. The predicted molar refractivity (Wildman–Crippen MR) is 132 cm³/mol. The number of benzene rings is 1. The van der Waals surface area contributed by atoms with Crippen LogP contribution in [0.4, 0.5) is 18.0 Å². The molecule has 3 aromatic heterocycles. The molecule has 0 unspecified atom stereocenters. The zero-order valence-corrected chi connectivity index (χ0v) is 20.5. The summed E-state index contributed by atoms with van der Waals surface area (Å²) in [4.78, 5) is 34.3. The van der Waals surface area contributed by atoms with Crippen LogP contribution < -0.4 is 5.56 Å². The lowest BCUT2D eigenvalue weighted by Gasteiger charge is -2.30. The SMILES string of the molecule is CC(C)(C)OC(=O)N1CCc2c([nH]c3cc(-n4ccc(-c5ccc(C(F)(F)F)cn5)cc4=O)ccc23)C1. The van der Waals surface area contributed by atoms with E-state index in [1.165, 1.54) is 16.7 Å². The second kappa shape index (κ2) is 8.79. The second-order valence-electron chi connectivity index (χ2n) is 10.0. The lowest BCUT2D eigenvalue weighted by molar-refractivity contribution is -0.137. The van der Waals surface area contributed by atoms with Crippen LogP contribution in [0.2, 0.25) is 0 Å². The molecule has 1 N–H and O–H groups in total. The normalized spacial score (nSPS) is 14.1. The maximum absolute atomic E-state index is 12.9. The molecule has 0 saturated carbocycles. The van der Waals surface area contributed by atoms with Crippen molar-refractivity contribution in [3.8, 4) is 16.9 Å². The van der Waals surface area contributed by atoms with E-state index in [-0.39, 0.29) is 17.3 Å². The van der Waals surface area contributed by atoms with Gasteiger partial charge in [0, 0.05) is 47.2 Å². The number of pyridine rings is 2. The molecule has 192 valence electrons. The summed E-state index contributed by atoms with van der Waals surface area (Å²) >= 11 is 0. The van der Waals surface area contributed by atoms with Crippen molar-refractivity contribution >= 4 is 17.0 Å². The van der Waals surface area contributed by atoms with Gasteiger partial charge in [-0.15, -0.1) is 0 Å². The molecule has 0 spiro atoms. The summed E-state index contributed by atoms with van der Waals surface area (Å²) in [6.45, 7) is 6.45. The highest BCUT2D eigenvalue weighted by molar-refractivity contribution is 5.87. The number of carbonyl (C=O) groups is 1. The third kappa shape index (κ3) is 4.96. The van der Waals surface area contributed by atoms with Crippen molar-refractivity contribution in [2.45, 2.75) is 45.5 Å². The summed E-state index contributed by atoms with van der Waals surface area (Å²) in [6, 6.07) is 10.8. The summed E-state index contributed by atoms with van der Waals surface area (Å²) in [7, 11) is 0. The number of rotatable bonds is 2. The molecule has 1 aliphatic heterocycles. The van der Waals surface area contributed by atoms with E-state index in [1.807, 2.05) is 39.0 Å². The van der Waals surface area contributed by atoms with Gasteiger partial charge in [0.1, 0.15) is 5.60 Å². The molecule has 37 heavy (non-hydrogen) atoms. The number of hydrogen-bond donors (Lipinski definition) is 1. The van der Waals surface area contributed by atoms with Crippen LogP contribution in [0.5, 0.6) is 0 Å². The van der Waals surface area contributed by atoms with Gasteiger partial charge in [0.05, 0.1) is 23.5 Å². The molecule has 10 heteroatoms. The molecule has 0 radical (unpaired) electrons. The van der Waals surface area contributed by atoms with Crippen LogP contribution in [0.15, 0.2) is 59.7 Å². The Hall–Kier alpha value is -4.08. The molecule has 1 aromatic carbocycles. The Labute approximate surface area is 210 Å². The quantitative estimate of drug-likeness (QED) is 0.376. The second-order valence-corrected chi connectivity index (χ2v) is 10.0. The van der Waals surface area contributed by atoms with Crippen molar-refractivity contribution in [2.24, 2.45) is 0 Å². The van der Waals surface area contributed by atoms with E-state index >= 15 is 0 Å². The van der Waals surface area contributed by atoms with Crippen molar-refractivity contribution < 1.29 is 22.7 Å². The van der Waals surface area contributed by atoms with Crippen LogP contribution >= 0.6 is 0 Å². The molecule has 0 atom stereocenters. The molecule has 1 aliphatic rings. The summed E-state index contributed by atoms with van der Waals surface area (Å²) in [5.74, 6) is 0. The van der Waals surface area contributed by atoms with Crippen LogP contribution in [-0.4, -0.2) is 37.7 Å². The molecule has 4 aromatic rings. The Kier molecular flexibility index (Phi) is 5.85. The van der Waals surface area contributed by atoms with Gasteiger partial charge >= 0.3 is 12.3 Å². The third-order valence-corrected chi connectivity index (χ3v) is 6.19. The molecule has 7 nitrogen and oxygen atoms in total. The van der Waals surface area contributed by atoms with Crippen LogP contribution in [-0.2, 0) is 23.9 Å². The number of nitrogens with zero attached hydrogens (tertiary/aromatic N) is 3. The van der Waals surface area contributed by atoms with Gasteiger partial charge in [0.2, 0.25) is 0 Å². The number of hydrogen-bond acceptors (Lipinski definition) is 4. The van der Waals surface area contributed by atoms with Crippen LogP contribution in [0.1, 0.15) is 37.6 Å². The van der Waals surface area contributed by atoms with E-state index in [4.69, 9.17) is 4.74 Å².